The lowest BCUT2D eigenvalue weighted by Crippen LogP contribution is -2.23. The number of rotatable bonds is 4. The Labute approximate surface area is 88.1 Å². The molecule has 0 aliphatic heterocycles. The van der Waals surface area contributed by atoms with E-state index in [9.17, 15) is 0 Å². The third-order valence-electron chi connectivity index (χ3n) is 2.28. The van der Waals surface area contributed by atoms with Crippen LogP contribution in [0.5, 0.6) is 0 Å². The van der Waals surface area contributed by atoms with Gasteiger partial charge in [0.05, 0.1) is 18.2 Å². The molecule has 0 radical (unpaired) electrons. The van der Waals surface area contributed by atoms with Gasteiger partial charge >= 0.3 is 0 Å². The zero-order valence-electron chi connectivity index (χ0n) is 8.84. The molecule has 2 aromatic heterocycles. The van der Waals surface area contributed by atoms with Gasteiger partial charge in [0.1, 0.15) is 11.8 Å². The number of hydrogen-bond donors (Lipinski definition) is 1. The van der Waals surface area contributed by atoms with Crippen LogP contribution in [0.4, 0.5) is 0 Å². The first-order chi connectivity index (χ1) is 7.33. The largest absolute Gasteiger partial charge is 0.467 e. The van der Waals surface area contributed by atoms with Gasteiger partial charge in [-0.05, 0) is 18.7 Å². The van der Waals surface area contributed by atoms with Crippen LogP contribution in [0.25, 0.3) is 0 Å². The second-order valence-electron chi connectivity index (χ2n) is 3.29. The highest BCUT2D eigenvalue weighted by molar-refractivity contribution is 5.17. The molecule has 1 atom stereocenters. The van der Waals surface area contributed by atoms with E-state index in [0.29, 0.717) is 0 Å². The summed E-state index contributed by atoms with van der Waals surface area (Å²) < 4.78 is 7.14. The molecule has 0 fully saturated rings. The van der Waals surface area contributed by atoms with Crippen LogP contribution < -0.4 is 5.32 Å². The normalized spacial score (nSPS) is 12.9. The first-order valence-corrected chi connectivity index (χ1v) is 4.94. The number of aromatic nitrogens is 3. The first-order valence-electron chi connectivity index (χ1n) is 4.94. The van der Waals surface area contributed by atoms with Gasteiger partial charge in [-0.3, -0.25) is 4.68 Å². The summed E-state index contributed by atoms with van der Waals surface area (Å²) in [6.07, 6.45) is 3.42. The Balaban J connectivity index is 2.32. The van der Waals surface area contributed by atoms with Crippen LogP contribution in [-0.4, -0.2) is 21.5 Å². The van der Waals surface area contributed by atoms with E-state index < -0.39 is 0 Å². The van der Waals surface area contributed by atoms with Crippen molar-refractivity contribution in [1.29, 1.82) is 0 Å². The molecule has 1 unspecified atom stereocenters. The molecular weight excluding hydrogens is 192 g/mol. The van der Waals surface area contributed by atoms with Gasteiger partial charge in [0.15, 0.2) is 0 Å². The fourth-order valence-corrected chi connectivity index (χ4v) is 1.57. The number of furan rings is 1. The number of nitrogens with one attached hydrogen (secondary N) is 1. The lowest BCUT2D eigenvalue weighted by atomic mass is 10.1. The molecule has 0 saturated heterocycles. The summed E-state index contributed by atoms with van der Waals surface area (Å²) in [6.45, 7) is 2.91. The van der Waals surface area contributed by atoms with Crippen LogP contribution in [0.2, 0.25) is 0 Å². The van der Waals surface area contributed by atoms with Gasteiger partial charge in [-0.15, -0.1) is 5.10 Å². The summed E-state index contributed by atoms with van der Waals surface area (Å²) >= 11 is 0. The second kappa shape index (κ2) is 4.27. The van der Waals surface area contributed by atoms with E-state index in [1.165, 1.54) is 0 Å². The second-order valence-corrected chi connectivity index (χ2v) is 3.29. The van der Waals surface area contributed by atoms with Crippen molar-refractivity contribution in [3.05, 3.63) is 36.0 Å². The highest BCUT2D eigenvalue weighted by Crippen LogP contribution is 2.20. The average Bonchev–Trinajstić information content (AvgIpc) is 2.85. The fourth-order valence-electron chi connectivity index (χ4n) is 1.57. The maximum Gasteiger partial charge on any atom is 0.126 e. The van der Waals surface area contributed by atoms with Gasteiger partial charge in [0.25, 0.3) is 0 Å². The molecule has 0 amide bonds. The summed E-state index contributed by atoms with van der Waals surface area (Å²) in [5, 5.41) is 11.1. The standard InChI is InChI=1S/C10H14N4O/c1-3-11-10(9-5-4-6-15-9)8-7-12-13-14(8)2/h4-7,10-11H,3H2,1-2H3. The summed E-state index contributed by atoms with van der Waals surface area (Å²) in [7, 11) is 1.87. The van der Waals surface area contributed by atoms with Gasteiger partial charge in [-0.1, -0.05) is 12.1 Å². The van der Waals surface area contributed by atoms with Crippen molar-refractivity contribution in [2.45, 2.75) is 13.0 Å². The zero-order chi connectivity index (χ0) is 10.7. The minimum atomic E-state index is 0.0185. The molecule has 5 heteroatoms. The van der Waals surface area contributed by atoms with Gasteiger partial charge in [0, 0.05) is 7.05 Å². The summed E-state index contributed by atoms with van der Waals surface area (Å²) in [6, 6.07) is 3.84. The Morgan fingerprint density at radius 1 is 1.60 bits per heavy atom. The number of aryl methyl sites for hydroxylation is 1. The summed E-state index contributed by atoms with van der Waals surface area (Å²) in [5.74, 6) is 0.877. The van der Waals surface area contributed by atoms with Gasteiger partial charge < -0.3 is 9.73 Å². The molecule has 0 saturated carbocycles. The Hall–Kier alpha value is -1.62. The molecule has 2 aromatic rings. The SMILES string of the molecule is CCNC(c1ccco1)c1cnnn1C. The molecule has 0 aromatic carbocycles. The molecule has 2 rings (SSSR count). The van der Waals surface area contributed by atoms with E-state index >= 15 is 0 Å². The van der Waals surface area contributed by atoms with Crippen molar-refractivity contribution in [3.8, 4) is 0 Å². The Morgan fingerprint density at radius 3 is 3.00 bits per heavy atom. The molecule has 0 aliphatic rings. The monoisotopic (exact) mass is 206 g/mol. The Morgan fingerprint density at radius 2 is 2.47 bits per heavy atom. The third-order valence-corrected chi connectivity index (χ3v) is 2.28. The molecule has 0 spiro atoms. The van der Waals surface area contributed by atoms with Crippen LogP contribution in [-0.2, 0) is 7.05 Å². The highest BCUT2D eigenvalue weighted by atomic mass is 16.3. The molecule has 5 nitrogen and oxygen atoms in total. The van der Waals surface area contributed by atoms with Gasteiger partial charge in [0.2, 0.25) is 0 Å². The van der Waals surface area contributed by atoms with Crippen molar-refractivity contribution in [1.82, 2.24) is 20.3 Å². The Kier molecular flexibility index (Phi) is 2.82. The maximum atomic E-state index is 5.40. The molecule has 0 bridgehead atoms. The maximum absolute atomic E-state index is 5.40. The van der Waals surface area contributed by atoms with E-state index in [4.69, 9.17) is 4.42 Å². The van der Waals surface area contributed by atoms with Crippen molar-refractivity contribution in [3.63, 3.8) is 0 Å². The van der Waals surface area contributed by atoms with E-state index in [2.05, 4.69) is 22.6 Å². The predicted molar refractivity (Wildman–Crippen MR) is 55.2 cm³/mol. The zero-order valence-corrected chi connectivity index (χ0v) is 8.84. The van der Waals surface area contributed by atoms with E-state index in [0.717, 1.165) is 18.0 Å². The number of hydrogen-bond acceptors (Lipinski definition) is 4. The molecule has 80 valence electrons. The van der Waals surface area contributed by atoms with Crippen molar-refractivity contribution < 1.29 is 4.42 Å². The van der Waals surface area contributed by atoms with Crippen LogP contribution >= 0.6 is 0 Å². The topological polar surface area (TPSA) is 55.9 Å². The van der Waals surface area contributed by atoms with Crippen LogP contribution in [0.3, 0.4) is 0 Å². The lowest BCUT2D eigenvalue weighted by Gasteiger charge is -2.14. The van der Waals surface area contributed by atoms with Crippen LogP contribution in [0.1, 0.15) is 24.4 Å². The highest BCUT2D eigenvalue weighted by Gasteiger charge is 2.19. The van der Waals surface area contributed by atoms with E-state index in [1.807, 2.05) is 19.2 Å². The van der Waals surface area contributed by atoms with Crippen molar-refractivity contribution >= 4 is 0 Å². The molecule has 2 heterocycles. The average molecular weight is 206 g/mol. The minimum Gasteiger partial charge on any atom is -0.467 e. The van der Waals surface area contributed by atoms with Gasteiger partial charge in [-0.2, -0.15) is 0 Å². The predicted octanol–water partition coefficient (Wildman–Crippen LogP) is 1.11. The van der Waals surface area contributed by atoms with Gasteiger partial charge in [-0.25, -0.2) is 0 Å². The summed E-state index contributed by atoms with van der Waals surface area (Å²) in [4.78, 5) is 0. The molecule has 0 aliphatic carbocycles. The summed E-state index contributed by atoms with van der Waals surface area (Å²) in [5.41, 5.74) is 0.992. The first kappa shape index (κ1) is 9.92. The Bertz CT molecular complexity index is 407. The smallest absolute Gasteiger partial charge is 0.126 e. The van der Waals surface area contributed by atoms with E-state index in [1.54, 1.807) is 17.1 Å². The molecule has 15 heavy (non-hydrogen) atoms. The number of nitrogens with zero attached hydrogens (tertiary/aromatic N) is 3. The minimum absolute atomic E-state index is 0.0185. The molecular formula is C10H14N4O. The van der Waals surface area contributed by atoms with E-state index in [-0.39, 0.29) is 6.04 Å². The lowest BCUT2D eigenvalue weighted by molar-refractivity contribution is 0.437. The van der Waals surface area contributed by atoms with Crippen LogP contribution in [0, 0.1) is 0 Å². The van der Waals surface area contributed by atoms with Crippen molar-refractivity contribution in [2.24, 2.45) is 7.05 Å². The quantitative estimate of drug-likeness (QED) is 0.814. The third kappa shape index (κ3) is 1.92. The molecule has 1 N–H and O–H groups in total. The van der Waals surface area contributed by atoms with Crippen LogP contribution in [0.15, 0.2) is 29.0 Å². The fraction of sp³-hybridized carbons (Fsp3) is 0.400. The van der Waals surface area contributed by atoms with Crippen molar-refractivity contribution in [2.75, 3.05) is 6.54 Å².